The highest BCUT2D eigenvalue weighted by molar-refractivity contribution is 5.85. The van der Waals surface area contributed by atoms with Crippen LogP contribution in [0, 0.1) is 5.41 Å². The van der Waals surface area contributed by atoms with Crippen molar-refractivity contribution in [2.24, 2.45) is 5.41 Å². The molecule has 2 N–H and O–H groups in total. The van der Waals surface area contributed by atoms with Gasteiger partial charge in [-0.3, -0.25) is 0 Å². The molecule has 2 fully saturated rings. The van der Waals surface area contributed by atoms with Gasteiger partial charge in [-0.1, -0.05) is 0 Å². The summed E-state index contributed by atoms with van der Waals surface area (Å²) >= 11 is 0. The van der Waals surface area contributed by atoms with E-state index in [1.807, 2.05) is 0 Å². The van der Waals surface area contributed by atoms with Crippen molar-refractivity contribution in [3.8, 4) is 0 Å². The topological polar surface area (TPSA) is 32.3 Å². The van der Waals surface area contributed by atoms with Crippen molar-refractivity contribution in [2.45, 2.75) is 18.9 Å². The van der Waals surface area contributed by atoms with E-state index >= 15 is 0 Å². The first-order valence-corrected chi connectivity index (χ1v) is 3.22. The highest BCUT2D eigenvalue weighted by Gasteiger charge is 2.54. The summed E-state index contributed by atoms with van der Waals surface area (Å²) in [6, 6.07) is 0. The maximum absolute atomic E-state index is 9.08. The SMILES string of the molecule is Cl.OC1CC12CCNC2. The molecule has 1 saturated heterocycles. The van der Waals surface area contributed by atoms with Crippen molar-refractivity contribution in [1.29, 1.82) is 0 Å². The molecule has 2 rings (SSSR count). The highest BCUT2D eigenvalue weighted by atomic mass is 35.5. The van der Waals surface area contributed by atoms with Crippen molar-refractivity contribution < 1.29 is 5.11 Å². The van der Waals surface area contributed by atoms with E-state index < -0.39 is 0 Å². The van der Waals surface area contributed by atoms with Gasteiger partial charge in [-0.05, 0) is 19.4 Å². The summed E-state index contributed by atoms with van der Waals surface area (Å²) in [5.74, 6) is 0. The molecule has 1 saturated carbocycles. The van der Waals surface area contributed by atoms with Crippen molar-refractivity contribution in [1.82, 2.24) is 5.32 Å². The van der Waals surface area contributed by atoms with E-state index in [0.29, 0.717) is 5.41 Å². The van der Waals surface area contributed by atoms with Gasteiger partial charge in [-0.25, -0.2) is 0 Å². The van der Waals surface area contributed by atoms with Crippen LogP contribution < -0.4 is 5.32 Å². The fourth-order valence-electron chi connectivity index (χ4n) is 1.55. The van der Waals surface area contributed by atoms with E-state index in [4.69, 9.17) is 5.11 Å². The second-order valence-corrected chi connectivity index (χ2v) is 3.01. The van der Waals surface area contributed by atoms with Gasteiger partial charge in [0.15, 0.2) is 0 Å². The Bertz CT molecular complexity index is 112. The van der Waals surface area contributed by atoms with Crippen LogP contribution in [0.25, 0.3) is 0 Å². The molecule has 1 aliphatic heterocycles. The Balaban J connectivity index is 0.000000405. The van der Waals surface area contributed by atoms with E-state index in [-0.39, 0.29) is 18.5 Å². The fourth-order valence-corrected chi connectivity index (χ4v) is 1.55. The van der Waals surface area contributed by atoms with Gasteiger partial charge >= 0.3 is 0 Å². The number of nitrogens with one attached hydrogen (secondary N) is 1. The fraction of sp³-hybridized carbons (Fsp3) is 1.00. The summed E-state index contributed by atoms with van der Waals surface area (Å²) in [5.41, 5.74) is 0.347. The third-order valence-electron chi connectivity index (χ3n) is 2.42. The second-order valence-electron chi connectivity index (χ2n) is 3.01. The van der Waals surface area contributed by atoms with Crippen LogP contribution in [0.4, 0.5) is 0 Å². The van der Waals surface area contributed by atoms with Crippen LogP contribution in [-0.4, -0.2) is 24.3 Å². The molecule has 1 heterocycles. The number of halogens is 1. The lowest BCUT2D eigenvalue weighted by Gasteiger charge is -1.99. The molecule has 2 unspecified atom stereocenters. The van der Waals surface area contributed by atoms with Gasteiger partial charge in [-0.15, -0.1) is 12.4 Å². The maximum Gasteiger partial charge on any atom is 0.0616 e. The average Bonchev–Trinajstić information content (AvgIpc) is 2.29. The first kappa shape index (κ1) is 7.32. The molecular weight excluding hydrogens is 138 g/mol. The Kier molecular flexibility index (Phi) is 1.72. The molecular formula is C6H12ClNO. The molecule has 0 aromatic rings. The van der Waals surface area contributed by atoms with Gasteiger partial charge in [0.1, 0.15) is 0 Å². The number of hydrogen-bond donors (Lipinski definition) is 2. The van der Waals surface area contributed by atoms with E-state index in [1.165, 1.54) is 6.42 Å². The Morgan fingerprint density at radius 1 is 1.56 bits per heavy atom. The predicted molar refractivity (Wildman–Crippen MR) is 37.8 cm³/mol. The van der Waals surface area contributed by atoms with Crippen LogP contribution in [0.1, 0.15) is 12.8 Å². The zero-order valence-electron chi connectivity index (χ0n) is 5.26. The van der Waals surface area contributed by atoms with Crippen molar-refractivity contribution in [2.75, 3.05) is 13.1 Å². The summed E-state index contributed by atoms with van der Waals surface area (Å²) in [6.45, 7) is 2.16. The number of aliphatic hydroxyl groups is 1. The Labute approximate surface area is 61.0 Å². The third-order valence-corrected chi connectivity index (χ3v) is 2.42. The highest BCUT2D eigenvalue weighted by Crippen LogP contribution is 2.50. The molecule has 2 atom stereocenters. The molecule has 1 aliphatic carbocycles. The molecule has 1 spiro atoms. The van der Waals surface area contributed by atoms with E-state index in [1.54, 1.807) is 0 Å². The van der Waals surface area contributed by atoms with Gasteiger partial charge in [0.2, 0.25) is 0 Å². The van der Waals surface area contributed by atoms with Gasteiger partial charge < -0.3 is 10.4 Å². The number of aliphatic hydroxyl groups excluding tert-OH is 1. The average molecular weight is 150 g/mol. The zero-order chi connectivity index (χ0) is 5.61. The second kappa shape index (κ2) is 2.11. The molecule has 0 amide bonds. The van der Waals surface area contributed by atoms with E-state index in [0.717, 1.165) is 19.5 Å². The Morgan fingerprint density at radius 3 is 2.44 bits per heavy atom. The molecule has 0 radical (unpaired) electrons. The van der Waals surface area contributed by atoms with Gasteiger partial charge in [0, 0.05) is 12.0 Å². The number of hydrogen-bond acceptors (Lipinski definition) is 2. The monoisotopic (exact) mass is 149 g/mol. The third kappa shape index (κ3) is 0.955. The normalized spacial score (nSPS) is 47.0. The Morgan fingerprint density at radius 2 is 2.22 bits per heavy atom. The summed E-state index contributed by atoms with van der Waals surface area (Å²) in [6.07, 6.45) is 2.26. The minimum Gasteiger partial charge on any atom is -0.392 e. The van der Waals surface area contributed by atoms with E-state index in [2.05, 4.69) is 5.32 Å². The molecule has 2 nitrogen and oxygen atoms in total. The summed E-state index contributed by atoms with van der Waals surface area (Å²) < 4.78 is 0. The summed E-state index contributed by atoms with van der Waals surface area (Å²) in [5, 5.41) is 12.3. The van der Waals surface area contributed by atoms with Crippen molar-refractivity contribution in [3.05, 3.63) is 0 Å². The van der Waals surface area contributed by atoms with Crippen LogP contribution >= 0.6 is 12.4 Å². The van der Waals surface area contributed by atoms with Crippen molar-refractivity contribution >= 4 is 12.4 Å². The predicted octanol–water partition coefficient (Wildman–Crippen LogP) is 0.152. The molecule has 0 aromatic heterocycles. The molecule has 9 heavy (non-hydrogen) atoms. The summed E-state index contributed by atoms with van der Waals surface area (Å²) in [4.78, 5) is 0. The minimum atomic E-state index is 0. The number of rotatable bonds is 0. The quantitative estimate of drug-likeness (QED) is 0.514. The molecule has 0 bridgehead atoms. The smallest absolute Gasteiger partial charge is 0.0616 e. The van der Waals surface area contributed by atoms with Crippen LogP contribution in [0.15, 0.2) is 0 Å². The lowest BCUT2D eigenvalue weighted by Crippen LogP contribution is -2.12. The first-order chi connectivity index (χ1) is 3.83. The first-order valence-electron chi connectivity index (χ1n) is 3.22. The zero-order valence-corrected chi connectivity index (χ0v) is 6.08. The molecule has 54 valence electrons. The van der Waals surface area contributed by atoms with E-state index in [9.17, 15) is 0 Å². The van der Waals surface area contributed by atoms with Crippen molar-refractivity contribution in [3.63, 3.8) is 0 Å². The van der Waals surface area contributed by atoms with Crippen LogP contribution in [-0.2, 0) is 0 Å². The van der Waals surface area contributed by atoms with Crippen LogP contribution in [0.2, 0.25) is 0 Å². The lowest BCUT2D eigenvalue weighted by atomic mass is 10.1. The summed E-state index contributed by atoms with van der Waals surface area (Å²) in [7, 11) is 0. The van der Waals surface area contributed by atoms with Crippen LogP contribution in [0.5, 0.6) is 0 Å². The van der Waals surface area contributed by atoms with Gasteiger partial charge in [0.05, 0.1) is 6.10 Å². The largest absolute Gasteiger partial charge is 0.392 e. The van der Waals surface area contributed by atoms with Gasteiger partial charge in [-0.2, -0.15) is 0 Å². The molecule has 2 aliphatic rings. The molecule has 3 heteroatoms. The Hall–Kier alpha value is 0.210. The van der Waals surface area contributed by atoms with Gasteiger partial charge in [0.25, 0.3) is 0 Å². The van der Waals surface area contributed by atoms with Crippen LogP contribution in [0.3, 0.4) is 0 Å². The lowest BCUT2D eigenvalue weighted by molar-refractivity contribution is 0.227. The maximum atomic E-state index is 9.08. The molecule has 0 aromatic carbocycles. The minimum absolute atomic E-state index is 0. The standard InChI is InChI=1S/C6H11NO.ClH/c8-5-3-6(5)1-2-7-4-6;/h5,7-8H,1-4H2;1H.